The number of hydrogen-bond donors (Lipinski definition) is 1. The first-order valence-electron chi connectivity index (χ1n) is 6.82. The maximum atomic E-state index is 12.2. The molecule has 3 rings (SSSR count). The summed E-state index contributed by atoms with van der Waals surface area (Å²) in [5.74, 6) is -1.12. The van der Waals surface area contributed by atoms with Crippen molar-refractivity contribution in [1.82, 2.24) is 10.4 Å². The third-order valence-corrected chi connectivity index (χ3v) is 4.16. The predicted molar refractivity (Wildman–Crippen MR) is 68.2 cm³/mol. The van der Waals surface area contributed by atoms with Crippen LogP contribution in [0.2, 0.25) is 0 Å². The molecule has 2 aliphatic rings. The third-order valence-electron chi connectivity index (χ3n) is 4.16. The lowest BCUT2D eigenvalue weighted by molar-refractivity contribution is -0.142. The fourth-order valence-corrected chi connectivity index (χ4v) is 3.05. The molecule has 2 fully saturated rings. The molecule has 0 bridgehead atoms. The highest BCUT2D eigenvalue weighted by Gasteiger charge is 2.49. The SMILES string of the molecule is Cc1occc1C(=O)NN1C(=O)C2CCCCC2C1=O. The molecule has 1 saturated heterocycles. The molecule has 20 heavy (non-hydrogen) atoms. The molecular weight excluding hydrogens is 260 g/mol. The first kappa shape index (κ1) is 12.9. The minimum atomic E-state index is -0.489. The minimum Gasteiger partial charge on any atom is -0.469 e. The smallest absolute Gasteiger partial charge is 0.273 e. The van der Waals surface area contributed by atoms with Gasteiger partial charge in [-0.3, -0.25) is 19.8 Å². The lowest BCUT2D eigenvalue weighted by Gasteiger charge is -2.19. The molecule has 1 N–H and O–H groups in total. The van der Waals surface area contributed by atoms with Crippen LogP contribution in [0.3, 0.4) is 0 Å². The number of aryl methyl sites for hydroxylation is 1. The summed E-state index contributed by atoms with van der Waals surface area (Å²) in [5, 5.41) is 0.898. The predicted octanol–water partition coefficient (Wildman–Crippen LogP) is 1.41. The van der Waals surface area contributed by atoms with E-state index in [1.807, 2.05) is 0 Å². The van der Waals surface area contributed by atoms with Crippen molar-refractivity contribution in [3.63, 3.8) is 0 Å². The maximum absolute atomic E-state index is 12.2. The van der Waals surface area contributed by atoms with E-state index in [-0.39, 0.29) is 23.7 Å². The zero-order valence-electron chi connectivity index (χ0n) is 11.2. The van der Waals surface area contributed by atoms with Crippen molar-refractivity contribution >= 4 is 17.7 Å². The van der Waals surface area contributed by atoms with Crippen LogP contribution >= 0.6 is 0 Å². The number of rotatable bonds is 2. The normalized spacial score (nSPS) is 25.8. The summed E-state index contributed by atoms with van der Waals surface area (Å²) >= 11 is 0. The molecule has 0 aromatic carbocycles. The lowest BCUT2D eigenvalue weighted by Crippen LogP contribution is -2.46. The second-order valence-electron chi connectivity index (χ2n) is 5.34. The van der Waals surface area contributed by atoms with Crippen molar-refractivity contribution in [3.8, 4) is 0 Å². The molecule has 1 aromatic rings. The zero-order valence-corrected chi connectivity index (χ0v) is 11.2. The number of fused-ring (bicyclic) bond motifs is 1. The van der Waals surface area contributed by atoms with Gasteiger partial charge in [0.2, 0.25) is 0 Å². The monoisotopic (exact) mass is 276 g/mol. The molecule has 0 spiro atoms. The highest BCUT2D eigenvalue weighted by Crippen LogP contribution is 2.37. The van der Waals surface area contributed by atoms with Crippen molar-refractivity contribution in [1.29, 1.82) is 0 Å². The molecule has 1 aliphatic heterocycles. The van der Waals surface area contributed by atoms with Gasteiger partial charge in [0.1, 0.15) is 5.76 Å². The van der Waals surface area contributed by atoms with Gasteiger partial charge in [-0.05, 0) is 25.8 Å². The Balaban J connectivity index is 1.77. The second-order valence-corrected chi connectivity index (χ2v) is 5.34. The van der Waals surface area contributed by atoms with Crippen molar-refractivity contribution < 1.29 is 18.8 Å². The molecule has 6 nitrogen and oxygen atoms in total. The van der Waals surface area contributed by atoms with E-state index in [4.69, 9.17) is 4.42 Å². The molecule has 106 valence electrons. The number of amides is 3. The topological polar surface area (TPSA) is 79.6 Å². The molecule has 2 atom stereocenters. The fraction of sp³-hybridized carbons (Fsp3) is 0.500. The molecule has 1 saturated carbocycles. The number of carbonyl (C=O) groups is 3. The molecular formula is C14H16N2O4. The molecule has 1 aromatic heterocycles. The van der Waals surface area contributed by atoms with Crippen LogP contribution < -0.4 is 5.43 Å². The number of imide groups is 1. The van der Waals surface area contributed by atoms with Crippen LogP contribution in [0.15, 0.2) is 16.7 Å². The summed E-state index contributed by atoms with van der Waals surface area (Å²) < 4.78 is 5.05. The van der Waals surface area contributed by atoms with Crippen LogP contribution in [0.25, 0.3) is 0 Å². The van der Waals surface area contributed by atoms with Crippen molar-refractivity contribution in [3.05, 3.63) is 23.7 Å². The molecule has 2 heterocycles. The van der Waals surface area contributed by atoms with Gasteiger partial charge in [-0.2, -0.15) is 5.01 Å². The average Bonchev–Trinajstić information content (AvgIpc) is 2.97. The van der Waals surface area contributed by atoms with E-state index in [1.54, 1.807) is 6.92 Å². The Morgan fingerprint density at radius 3 is 2.35 bits per heavy atom. The first-order chi connectivity index (χ1) is 9.59. The van der Waals surface area contributed by atoms with Crippen LogP contribution in [0.1, 0.15) is 41.8 Å². The number of nitrogens with one attached hydrogen (secondary N) is 1. The number of carbonyl (C=O) groups excluding carboxylic acids is 3. The van der Waals surface area contributed by atoms with Gasteiger partial charge in [0.25, 0.3) is 17.7 Å². The van der Waals surface area contributed by atoms with E-state index >= 15 is 0 Å². The summed E-state index contributed by atoms with van der Waals surface area (Å²) in [6.45, 7) is 1.66. The van der Waals surface area contributed by atoms with E-state index in [9.17, 15) is 14.4 Å². The zero-order chi connectivity index (χ0) is 14.3. The Kier molecular flexibility index (Phi) is 3.08. The van der Waals surface area contributed by atoms with Gasteiger partial charge in [0.05, 0.1) is 23.7 Å². The van der Waals surface area contributed by atoms with Gasteiger partial charge in [0, 0.05) is 0 Å². The lowest BCUT2D eigenvalue weighted by atomic mass is 9.81. The van der Waals surface area contributed by atoms with Crippen LogP contribution in [0, 0.1) is 18.8 Å². The van der Waals surface area contributed by atoms with Gasteiger partial charge < -0.3 is 4.42 Å². The highest BCUT2D eigenvalue weighted by atomic mass is 16.3. The van der Waals surface area contributed by atoms with Crippen LogP contribution in [-0.4, -0.2) is 22.7 Å². The Morgan fingerprint density at radius 1 is 1.25 bits per heavy atom. The van der Waals surface area contributed by atoms with Crippen molar-refractivity contribution in [2.45, 2.75) is 32.6 Å². The van der Waals surface area contributed by atoms with E-state index in [0.717, 1.165) is 30.7 Å². The Morgan fingerprint density at radius 2 is 1.85 bits per heavy atom. The van der Waals surface area contributed by atoms with E-state index in [0.29, 0.717) is 11.3 Å². The van der Waals surface area contributed by atoms with Crippen molar-refractivity contribution in [2.75, 3.05) is 0 Å². The molecule has 1 aliphatic carbocycles. The summed E-state index contributed by atoms with van der Waals surface area (Å²) in [6.07, 6.45) is 4.78. The van der Waals surface area contributed by atoms with Crippen LogP contribution in [-0.2, 0) is 9.59 Å². The van der Waals surface area contributed by atoms with Crippen LogP contribution in [0.4, 0.5) is 0 Å². The Hall–Kier alpha value is -2.11. The van der Waals surface area contributed by atoms with Gasteiger partial charge in [-0.15, -0.1) is 0 Å². The summed E-state index contributed by atoms with van der Waals surface area (Å²) in [5.41, 5.74) is 2.75. The molecule has 3 amide bonds. The second kappa shape index (κ2) is 4.77. The third kappa shape index (κ3) is 1.92. The number of hydrogen-bond acceptors (Lipinski definition) is 4. The van der Waals surface area contributed by atoms with Gasteiger partial charge in [-0.1, -0.05) is 12.8 Å². The molecule has 0 radical (unpaired) electrons. The summed E-state index contributed by atoms with van der Waals surface area (Å²) in [4.78, 5) is 36.5. The largest absolute Gasteiger partial charge is 0.469 e. The van der Waals surface area contributed by atoms with E-state index in [2.05, 4.69) is 5.43 Å². The van der Waals surface area contributed by atoms with Gasteiger partial charge in [0.15, 0.2) is 0 Å². The Bertz CT molecular complexity index is 553. The van der Waals surface area contributed by atoms with Crippen molar-refractivity contribution in [2.24, 2.45) is 11.8 Å². The quantitative estimate of drug-likeness (QED) is 0.828. The number of nitrogens with zero attached hydrogens (tertiary/aromatic N) is 1. The number of hydrazine groups is 1. The standard InChI is InChI=1S/C14H16N2O4/c1-8-9(6-7-20-8)12(17)15-16-13(18)10-4-2-3-5-11(10)14(16)19/h6-7,10-11H,2-5H2,1H3,(H,15,17). The fourth-order valence-electron chi connectivity index (χ4n) is 3.05. The van der Waals surface area contributed by atoms with Crippen LogP contribution in [0.5, 0.6) is 0 Å². The summed E-state index contributed by atoms with van der Waals surface area (Å²) in [6, 6.07) is 1.52. The van der Waals surface area contributed by atoms with Gasteiger partial charge >= 0.3 is 0 Å². The molecule has 6 heteroatoms. The average molecular weight is 276 g/mol. The number of furan rings is 1. The van der Waals surface area contributed by atoms with E-state index < -0.39 is 5.91 Å². The maximum Gasteiger partial charge on any atom is 0.273 e. The Labute approximate surface area is 116 Å². The van der Waals surface area contributed by atoms with Gasteiger partial charge in [-0.25, -0.2) is 0 Å². The van der Waals surface area contributed by atoms with E-state index in [1.165, 1.54) is 12.3 Å². The minimum absolute atomic E-state index is 0.262. The molecule has 2 unspecified atom stereocenters. The summed E-state index contributed by atoms with van der Waals surface area (Å²) in [7, 11) is 0. The highest BCUT2D eigenvalue weighted by molar-refractivity contribution is 6.07. The first-order valence-corrected chi connectivity index (χ1v) is 6.82.